The molecule has 3 atom stereocenters. The number of aliphatic hydroxyl groups is 1. The Balaban J connectivity index is 4.58. The van der Waals surface area contributed by atoms with Crippen LogP contribution in [0.5, 0.6) is 0 Å². The van der Waals surface area contributed by atoms with Gasteiger partial charge in [-0.1, -0.05) is 24.6 Å². The Labute approximate surface area is 97.4 Å². The van der Waals surface area contributed by atoms with Crippen molar-refractivity contribution >= 4 is 12.9 Å². The molecule has 0 saturated carbocycles. The summed E-state index contributed by atoms with van der Waals surface area (Å²) in [5, 5.41) is 8.91. The lowest BCUT2D eigenvalue weighted by atomic mass is 9.97. The molecule has 0 fully saturated rings. The molecule has 0 amide bonds. The van der Waals surface area contributed by atoms with Crippen molar-refractivity contribution in [2.75, 3.05) is 13.7 Å². The van der Waals surface area contributed by atoms with Gasteiger partial charge in [0.2, 0.25) is 0 Å². The normalized spacial score (nSPS) is 18.3. The summed E-state index contributed by atoms with van der Waals surface area (Å²) in [5.74, 6) is 0.0950. The molecule has 0 rings (SSSR count). The summed E-state index contributed by atoms with van der Waals surface area (Å²) in [7, 11) is 1.60. The Kier molecular flexibility index (Phi) is 7.78. The first-order chi connectivity index (χ1) is 7.10. The van der Waals surface area contributed by atoms with Crippen molar-refractivity contribution in [3.05, 3.63) is 24.3 Å². The summed E-state index contributed by atoms with van der Waals surface area (Å²) in [6.07, 6.45) is 3.20. The molecule has 0 aliphatic carbocycles. The zero-order valence-corrected chi connectivity index (χ0v) is 10.4. The van der Waals surface area contributed by atoms with Crippen LogP contribution in [0.4, 0.5) is 0 Å². The third kappa shape index (κ3) is 4.84. The molecule has 15 heavy (non-hydrogen) atoms. The highest BCUT2D eigenvalue weighted by Gasteiger charge is 2.23. The summed E-state index contributed by atoms with van der Waals surface area (Å²) in [6.45, 7) is 7.57. The van der Waals surface area contributed by atoms with E-state index in [1.807, 2.05) is 19.9 Å². The third-order valence-electron chi connectivity index (χ3n) is 2.27. The molecule has 0 aromatic carbocycles. The number of hydrogen-bond donors (Lipinski definition) is 2. The highest BCUT2D eigenvalue weighted by molar-refractivity contribution is 7.75. The lowest BCUT2D eigenvalue weighted by Crippen LogP contribution is -2.32. The van der Waals surface area contributed by atoms with Gasteiger partial charge in [0.05, 0.1) is 6.61 Å². The number of methoxy groups -OCH3 is 1. The van der Waals surface area contributed by atoms with Crippen molar-refractivity contribution < 1.29 is 14.0 Å². The maximum atomic E-state index is 8.91. The first-order valence-corrected chi connectivity index (χ1v) is 5.20. The number of rotatable bonds is 7. The number of hydrogen-bond acceptors (Lipinski definition) is 4. The van der Waals surface area contributed by atoms with E-state index >= 15 is 0 Å². The van der Waals surface area contributed by atoms with Gasteiger partial charge in [-0.15, -0.1) is 6.58 Å². The number of ether oxygens (including phenoxy) is 1. The van der Waals surface area contributed by atoms with Gasteiger partial charge in [0.15, 0.2) is 0 Å². The molecule has 0 aliphatic rings. The van der Waals surface area contributed by atoms with Gasteiger partial charge in [-0.2, -0.15) is 0 Å². The predicted molar refractivity (Wildman–Crippen MR) is 64.9 cm³/mol. The molecular weight excluding hydrogens is 212 g/mol. The van der Waals surface area contributed by atoms with Crippen molar-refractivity contribution in [3.8, 4) is 0 Å². The SMILES string of the molecule is C=CC(OC)[C@@H](OS)[C@H](C)/C=C(/C)CO. The minimum absolute atomic E-state index is 0.0510. The summed E-state index contributed by atoms with van der Waals surface area (Å²) in [5.41, 5.74) is 0.900. The van der Waals surface area contributed by atoms with Crippen molar-refractivity contribution in [2.24, 2.45) is 5.92 Å². The lowest BCUT2D eigenvalue weighted by Gasteiger charge is -2.25. The summed E-state index contributed by atoms with van der Waals surface area (Å²) >= 11 is 3.83. The second-order valence-corrected chi connectivity index (χ2v) is 3.75. The Morgan fingerprint density at radius 1 is 1.60 bits per heavy atom. The van der Waals surface area contributed by atoms with Crippen molar-refractivity contribution in [2.45, 2.75) is 26.1 Å². The molecule has 0 saturated heterocycles. The van der Waals surface area contributed by atoms with Gasteiger partial charge < -0.3 is 14.0 Å². The van der Waals surface area contributed by atoms with E-state index in [1.165, 1.54) is 0 Å². The summed E-state index contributed by atoms with van der Waals surface area (Å²) < 4.78 is 10.3. The molecule has 0 aliphatic heterocycles. The maximum Gasteiger partial charge on any atom is 0.108 e. The van der Waals surface area contributed by atoms with Crippen molar-refractivity contribution in [3.63, 3.8) is 0 Å². The van der Waals surface area contributed by atoms with Gasteiger partial charge in [0.1, 0.15) is 12.2 Å². The molecular formula is C11H20O3S. The van der Waals surface area contributed by atoms with Crippen LogP contribution in [0.25, 0.3) is 0 Å². The van der Waals surface area contributed by atoms with Crippen LogP contribution in [-0.2, 0) is 8.92 Å². The topological polar surface area (TPSA) is 38.7 Å². The van der Waals surface area contributed by atoms with E-state index in [-0.39, 0.29) is 24.7 Å². The van der Waals surface area contributed by atoms with Crippen LogP contribution < -0.4 is 0 Å². The fourth-order valence-electron chi connectivity index (χ4n) is 1.42. The van der Waals surface area contributed by atoms with E-state index in [0.29, 0.717) is 0 Å². The van der Waals surface area contributed by atoms with Crippen LogP contribution in [-0.4, -0.2) is 31.0 Å². The molecule has 0 aromatic rings. The van der Waals surface area contributed by atoms with Crippen molar-refractivity contribution in [1.82, 2.24) is 0 Å². The Morgan fingerprint density at radius 3 is 2.53 bits per heavy atom. The first kappa shape index (κ1) is 14.7. The van der Waals surface area contributed by atoms with Crippen LogP contribution >= 0.6 is 12.9 Å². The fourth-order valence-corrected chi connectivity index (χ4v) is 1.73. The Bertz CT molecular complexity index is 216. The largest absolute Gasteiger partial charge is 0.392 e. The van der Waals surface area contributed by atoms with E-state index in [1.54, 1.807) is 13.2 Å². The molecule has 1 N–H and O–H groups in total. The molecule has 0 aromatic heterocycles. The molecule has 0 radical (unpaired) electrons. The first-order valence-electron chi connectivity index (χ1n) is 4.84. The second-order valence-electron chi connectivity index (χ2n) is 3.54. The number of aliphatic hydroxyl groups excluding tert-OH is 1. The quantitative estimate of drug-likeness (QED) is 0.400. The molecule has 0 spiro atoms. The Morgan fingerprint density at radius 2 is 2.20 bits per heavy atom. The fraction of sp³-hybridized carbons (Fsp3) is 0.636. The number of thiol groups is 1. The van der Waals surface area contributed by atoms with Gasteiger partial charge in [-0.25, -0.2) is 0 Å². The average molecular weight is 232 g/mol. The highest BCUT2D eigenvalue weighted by atomic mass is 32.1. The second kappa shape index (κ2) is 7.93. The predicted octanol–water partition coefficient (Wildman–Crippen LogP) is 1.99. The molecule has 4 heteroatoms. The van der Waals surface area contributed by atoms with Crippen LogP contribution in [0, 0.1) is 5.92 Å². The minimum atomic E-state index is -0.211. The van der Waals surface area contributed by atoms with Crippen LogP contribution in [0.3, 0.4) is 0 Å². The molecule has 0 heterocycles. The maximum absolute atomic E-state index is 8.91. The van der Waals surface area contributed by atoms with E-state index in [0.717, 1.165) is 5.57 Å². The van der Waals surface area contributed by atoms with Gasteiger partial charge in [-0.05, 0) is 19.8 Å². The zero-order chi connectivity index (χ0) is 11.8. The third-order valence-corrected chi connectivity index (χ3v) is 2.51. The average Bonchev–Trinajstić information content (AvgIpc) is 2.24. The molecule has 1 unspecified atom stereocenters. The van der Waals surface area contributed by atoms with Crippen LogP contribution in [0.15, 0.2) is 24.3 Å². The van der Waals surface area contributed by atoms with E-state index in [2.05, 4.69) is 19.5 Å². The molecule has 88 valence electrons. The van der Waals surface area contributed by atoms with Gasteiger partial charge in [-0.3, -0.25) is 0 Å². The molecule has 0 bridgehead atoms. The zero-order valence-electron chi connectivity index (χ0n) is 9.51. The van der Waals surface area contributed by atoms with Crippen LogP contribution in [0.2, 0.25) is 0 Å². The van der Waals surface area contributed by atoms with Gasteiger partial charge in [0, 0.05) is 13.0 Å². The Hall–Kier alpha value is -0.290. The van der Waals surface area contributed by atoms with E-state index in [4.69, 9.17) is 14.0 Å². The minimum Gasteiger partial charge on any atom is -0.392 e. The van der Waals surface area contributed by atoms with Crippen molar-refractivity contribution in [1.29, 1.82) is 0 Å². The van der Waals surface area contributed by atoms with Crippen LogP contribution in [0.1, 0.15) is 13.8 Å². The van der Waals surface area contributed by atoms with Gasteiger partial charge in [0.25, 0.3) is 0 Å². The monoisotopic (exact) mass is 232 g/mol. The summed E-state index contributed by atoms with van der Waals surface area (Å²) in [4.78, 5) is 0. The van der Waals surface area contributed by atoms with E-state index in [9.17, 15) is 0 Å². The lowest BCUT2D eigenvalue weighted by molar-refractivity contribution is 0.0264. The van der Waals surface area contributed by atoms with Gasteiger partial charge >= 0.3 is 0 Å². The highest BCUT2D eigenvalue weighted by Crippen LogP contribution is 2.19. The smallest absolute Gasteiger partial charge is 0.108 e. The summed E-state index contributed by atoms with van der Waals surface area (Å²) in [6, 6.07) is 0. The molecule has 3 nitrogen and oxygen atoms in total. The van der Waals surface area contributed by atoms with E-state index < -0.39 is 0 Å². The standard InChI is InChI=1S/C11H20O3S/c1-5-10(13-4)11(14-15)9(3)6-8(2)7-12/h5-6,9-12,15H,1,7H2,2-4H3/b8-6-/t9-,10?,11+/m1/s1.